The van der Waals surface area contributed by atoms with E-state index in [4.69, 9.17) is 14.7 Å². The summed E-state index contributed by atoms with van der Waals surface area (Å²) < 4.78 is 10.4. The van der Waals surface area contributed by atoms with Gasteiger partial charge in [0.2, 0.25) is 5.91 Å². The van der Waals surface area contributed by atoms with E-state index in [9.17, 15) is 14.4 Å². The molecule has 1 aromatic carbocycles. The van der Waals surface area contributed by atoms with Crippen molar-refractivity contribution in [2.24, 2.45) is 0 Å². The Kier molecular flexibility index (Phi) is 7.18. The smallest absolute Gasteiger partial charge is 0.329 e. The molecule has 27 heavy (non-hydrogen) atoms. The van der Waals surface area contributed by atoms with Crippen molar-refractivity contribution in [2.45, 2.75) is 25.7 Å². The van der Waals surface area contributed by atoms with Crippen LogP contribution in [0.1, 0.15) is 31.2 Å². The quantitative estimate of drug-likeness (QED) is 0.198. The highest BCUT2D eigenvalue weighted by atomic mass is 16.5. The molecule has 146 valence electrons. The maximum Gasteiger partial charge on any atom is 0.329 e. The predicted octanol–water partition coefficient (Wildman–Crippen LogP) is 1.66. The number of nitrogens with zero attached hydrogens (tertiary/aromatic N) is 1. The molecule has 0 bridgehead atoms. The number of rotatable bonds is 9. The van der Waals surface area contributed by atoms with Gasteiger partial charge in [0.05, 0.1) is 14.2 Å². The molecule has 1 aromatic rings. The Bertz CT molecular complexity index is 747. The van der Waals surface area contributed by atoms with Crippen LogP contribution in [0.25, 0.3) is 6.08 Å². The Balaban J connectivity index is 1.99. The third kappa shape index (κ3) is 5.20. The molecule has 2 rings (SSSR count). The molecule has 0 saturated carbocycles. The Hall–Kier alpha value is -3.07. The van der Waals surface area contributed by atoms with Gasteiger partial charge < -0.3 is 14.8 Å². The van der Waals surface area contributed by atoms with Gasteiger partial charge >= 0.3 is 6.03 Å². The Morgan fingerprint density at radius 3 is 2.67 bits per heavy atom. The summed E-state index contributed by atoms with van der Waals surface area (Å²) in [7, 11) is 3.05. The van der Waals surface area contributed by atoms with E-state index in [0.717, 1.165) is 4.90 Å². The number of urea groups is 1. The molecule has 4 amide bonds. The van der Waals surface area contributed by atoms with Gasteiger partial charge in [-0.2, -0.15) is 0 Å². The van der Waals surface area contributed by atoms with E-state index in [1.54, 1.807) is 36.9 Å². The maximum absolute atomic E-state index is 12.5. The van der Waals surface area contributed by atoms with Crippen LogP contribution in [0.4, 0.5) is 4.79 Å². The third-order valence-corrected chi connectivity index (χ3v) is 4.11. The van der Waals surface area contributed by atoms with Gasteiger partial charge in [0.1, 0.15) is 17.2 Å². The summed E-state index contributed by atoms with van der Waals surface area (Å²) in [6.45, 7) is 0.252. The molecule has 0 atom stereocenters. The van der Waals surface area contributed by atoms with Gasteiger partial charge in [-0.3, -0.25) is 19.7 Å². The Morgan fingerprint density at radius 2 is 2.00 bits per heavy atom. The fraction of sp³-hybridized carbons (Fsp3) is 0.389. The highest BCUT2D eigenvalue weighted by molar-refractivity contribution is 6.14. The topological polar surface area (TPSA) is 117 Å². The Labute approximate surface area is 156 Å². The zero-order valence-corrected chi connectivity index (χ0v) is 15.3. The number of carbonyl (C=O) groups is 3. The largest absolute Gasteiger partial charge is 0.497 e. The van der Waals surface area contributed by atoms with Gasteiger partial charge in [-0.15, -0.1) is 0 Å². The second-order valence-electron chi connectivity index (χ2n) is 5.90. The summed E-state index contributed by atoms with van der Waals surface area (Å²) in [5.41, 5.74) is 2.37. The maximum atomic E-state index is 12.5. The van der Waals surface area contributed by atoms with Crippen LogP contribution in [-0.4, -0.2) is 48.7 Å². The number of amides is 4. The number of benzene rings is 1. The number of hydrogen-bond acceptors (Lipinski definition) is 6. The molecule has 0 aromatic heterocycles. The van der Waals surface area contributed by atoms with E-state index in [0.29, 0.717) is 36.3 Å². The van der Waals surface area contributed by atoms with E-state index in [1.807, 2.05) is 0 Å². The third-order valence-electron chi connectivity index (χ3n) is 4.11. The lowest BCUT2D eigenvalue weighted by Crippen LogP contribution is -2.31. The molecule has 0 radical (unpaired) electrons. The molecule has 1 heterocycles. The lowest BCUT2D eigenvalue weighted by molar-refractivity contribution is -0.129. The molecule has 0 aliphatic carbocycles. The molecular weight excluding hydrogens is 354 g/mol. The summed E-state index contributed by atoms with van der Waals surface area (Å²) in [5.74, 6) is 0.270. The van der Waals surface area contributed by atoms with Crippen LogP contribution >= 0.6 is 0 Å². The van der Waals surface area contributed by atoms with Crippen molar-refractivity contribution in [3.63, 3.8) is 0 Å². The molecule has 9 heteroatoms. The van der Waals surface area contributed by atoms with Crippen LogP contribution < -0.4 is 20.3 Å². The molecule has 9 nitrogen and oxygen atoms in total. The fourth-order valence-electron chi connectivity index (χ4n) is 2.66. The van der Waals surface area contributed by atoms with E-state index in [1.165, 1.54) is 7.11 Å². The van der Waals surface area contributed by atoms with E-state index < -0.39 is 17.8 Å². The number of hydroxylamine groups is 1. The van der Waals surface area contributed by atoms with E-state index in [-0.39, 0.29) is 18.7 Å². The van der Waals surface area contributed by atoms with Gasteiger partial charge in [0, 0.05) is 24.6 Å². The number of methoxy groups -OCH3 is 2. The number of ether oxygens (including phenoxy) is 2. The number of hydrogen-bond donors (Lipinski definition) is 3. The summed E-state index contributed by atoms with van der Waals surface area (Å²) in [6, 6.07) is 4.68. The number of carbonyl (C=O) groups excluding carboxylic acids is 3. The zero-order chi connectivity index (χ0) is 19.8. The first-order valence-corrected chi connectivity index (χ1v) is 8.49. The van der Waals surface area contributed by atoms with Crippen LogP contribution in [-0.2, 0) is 9.59 Å². The van der Waals surface area contributed by atoms with Crippen LogP contribution in [0.3, 0.4) is 0 Å². The van der Waals surface area contributed by atoms with Crippen molar-refractivity contribution in [2.75, 3.05) is 20.8 Å². The molecule has 0 unspecified atom stereocenters. The number of imide groups is 1. The molecule has 1 aliphatic rings. The standard InChI is InChI=1S/C18H23N3O6/c1-26-13-8-7-12(15(11-13)27-2)10-14-17(23)21(18(24)19-14)9-5-3-4-6-16(22)20-25/h7-8,10-11,25H,3-6,9H2,1-2H3,(H,19,24)(H,20,22). The van der Waals surface area contributed by atoms with Crippen molar-refractivity contribution in [3.05, 3.63) is 29.5 Å². The van der Waals surface area contributed by atoms with Crippen molar-refractivity contribution in [1.82, 2.24) is 15.7 Å². The van der Waals surface area contributed by atoms with Gasteiger partial charge in [0.15, 0.2) is 0 Å². The summed E-state index contributed by atoms with van der Waals surface area (Å²) >= 11 is 0. The molecule has 0 spiro atoms. The van der Waals surface area contributed by atoms with Crippen LogP contribution in [0.15, 0.2) is 23.9 Å². The van der Waals surface area contributed by atoms with Crippen molar-refractivity contribution >= 4 is 23.9 Å². The highest BCUT2D eigenvalue weighted by Crippen LogP contribution is 2.27. The first kappa shape index (κ1) is 20.2. The molecule has 1 aliphatic heterocycles. The van der Waals surface area contributed by atoms with Crippen molar-refractivity contribution in [1.29, 1.82) is 0 Å². The second-order valence-corrected chi connectivity index (χ2v) is 5.90. The monoisotopic (exact) mass is 377 g/mol. The van der Waals surface area contributed by atoms with E-state index >= 15 is 0 Å². The first-order valence-electron chi connectivity index (χ1n) is 8.49. The average Bonchev–Trinajstić information content (AvgIpc) is 2.94. The summed E-state index contributed by atoms with van der Waals surface area (Å²) in [5, 5.41) is 11.0. The predicted molar refractivity (Wildman–Crippen MR) is 96.2 cm³/mol. The first-order chi connectivity index (χ1) is 13.0. The molecule has 1 fully saturated rings. The van der Waals surface area contributed by atoms with Crippen LogP contribution in [0.5, 0.6) is 11.5 Å². The van der Waals surface area contributed by atoms with E-state index in [2.05, 4.69) is 5.32 Å². The second kappa shape index (κ2) is 9.58. The minimum atomic E-state index is -0.480. The zero-order valence-electron chi connectivity index (χ0n) is 15.3. The minimum Gasteiger partial charge on any atom is -0.497 e. The molecule has 1 saturated heterocycles. The normalized spacial score (nSPS) is 15.1. The molecule has 3 N–H and O–H groups in total. The minimum absolute atomic E-state index is 0.170. The number of unbranched alkanes of at least 4 members (excludes halogenated alkanes) is 2. The van der Waals surface area contributed by atoms with Crippen LogP contribution in [0, 0.1) is 0 Å². The summed E-state index contributed by atoms with van der Waals surface area (Å²) in [6.07, 6.45) is 3.53. The van der Waals surface area contributed by atoms with Gasteiger partial charge in [-0.1, -0.05) is 6.42 Å². The van der Waals surface area contributed by atoms with Gasteiger partial charge in [-0.25, -0.2) is 10.3 Å². The summed E-state index contributed by atoms with van der Waals surface area (Å²) in [4.78, 5) is 36.6. The van der Waals surface area contributed by atoms with Gasteiger partial charge in [-0.05, 0) is 31.1 Å². The lowest BCUT2D eigenvalue weighted by atomic mass is 10.1. The van der Waals surface area contributed by atoms with Gasteiger partial charge in [0.25, 0.3) is 5.91 Å². The van der Waals surface area contributed by atoms with Crippen molar-refractivity contribution < 1.29 is 29.1 Å². The fourth-order valence-corrected chi connectivity index (χ4v) is 2.66. The van der Waals surface area contributed by atoms with Crippen LogP contribution in [0.2, 0.25) is 0 Å². The number of nitrogens with one attached hydrogen (secondary N) is 2. The highest BCUT2D eigenvalue weighted by Gasteiger charge is 2.33. The Morgan fingerprint density at radius 1 is 1.22 bits per heavy atom. The van der Waals surface area contributed by atoms with Crippen molar-refractivity contribution in [3.8, 4) is 11.5 Å². The average molecular weight is 377 g/mol. The SMILES string of the molecule is COc1ccc(C=C2NC(=O)N(CCCCCC(=O)NO)C2=O)c(OC)c1. The molecular formula is C18H23N3O6. The lowest BCUT2D eigenvalue weighted by Gasteiger charge is -2.11.